The Morgan fingerprint density at radius 2 is 1.86 bits per heavy atom. The largest absolute Gasteiger partial charge is 0.462 e. The maximum absolute atomic E-state index is 7.36. The normalized spacial score (nSPS) is 22.2. The lowest BCUT2D eigenvalue weighted by molar-refractivity contribution is 0.187. The summed E-state index contributed by atoms with van der Waals surface area (Å²) < 4.78 is 6.29. The number of hydrogen-bond acceptors (Lipinski definition) is 6. The average Bonchev–Trinajstić information content (AvgIpc) is 3.35. The number of benzene rings is 2. The molecule has 4 heterocycles. The fraction of sp³-hybridized carbons (Fsp3) is 0.500. The first-order valence-electron chi connectivity index (χ1n) is 13.7. The van der Waals surface area contributed by atoms with Crippen molar-refractivity contribution in [3.05, 3.63) is 65.1 Å². The minimum atomic E-state index is 0.407. The third kappa shape index (κ3) is 4.95. The minimum Gasteiger partial charge on any atom is -0.462 e. The van der Waals surface area contributed by atoms with Gasteiger partial charge in [-0.3, -0.25) is 0 Å². The van der Waals surface area contributed by atoms with Gasteiger partial charge in [0, 0.05) is 48.2 Å². The lowest BCUT2D eigenvalue weighted by atomic mass is 9.96. The Kier molecular flexibility index (Phi) is 6.84. The van der Waals surface area contributed by atoms with E-state index in [0.717, 1.165) is 69.9 Å². The Morgan fingerprint density at radius 1 is 1.00 bits per heavy atom. The van der Waals surface area contributed by atoms with Crippen molar-refractivity contribution in [1.29, 1.82) is 0 Å². The van der Waals surface area contributed by atoms with Crippen molar-refractivity contribution in [3.8, 4) is 6.01 Å². The lowest BCUT2D eigenvalue weighted by Crippen LogP contribution is -2.39. The molecule has 0 saturated carbocycles. The predicted molar refractivity (Wildman–Crippen MR) is 148 cm³/mol. The number of rotatable bonds is 6. The van der Waals surface area contributed by atoms with Crippen LogP contribution < -0.4 is 14.5 Å². The number of nitrogens with zero attached hydrogens (tertiary/aromatic N) is 6. The number of aromatic nitrogens is 2. The van der Waals surface area contributed by atoms with Crippen LogP contribution >= 0.6 is 0 Å². The molecular weight excluding hydrogens is 460 g/mol. The number of anilines is 2. The van der Waals surface area contributed by atoms with E-state index < -0.39 is 0 Å². The van der Waals surface area contributed by atoms with Crippen molar-refractivity contribution < 1.29 is 4.74 Å². The van der Waals surface area contributed by atoms with Crippen LogP contribution in [0.3, 0.4) is 0 Å². The Morgan fingerprint density at radius 3 is 2.73 bits per heavy atom. The standard InChI is InChI=1S/C30H36N6O/c1-31-18-22-8-6-16-36(19-22)29-26-14-17-35(28-13-5-10-23-9-3-4-12-25(23)28)20-27(26)32-30(33-29)37-21-24-11-7-15-34(24)2/h3-5,9-10,12-13,22,24H,6-8,11,14-21H2,2H3/t22-,24-/m0/s1. The molecule has 0 amide bonds. The second kappa shape index (κ2) is 10.5. The fourth-order valence-electron chi connectivity index (χ4n) is 6.30. The van der Waals surface area contributed by atoms with Gasteiger partial charge in [0.2, 0.25) is 6.54 Å². The van der Waals surface area contributed by atoms with Crippen molar-refractivity contribution in [2.75, 3.05) is 56.2 Å². The van der Waals surface area contributed by atoms with Crippen LogP contribution in [0.2, 0.25) is 0 Å². The number of likely N-dealkylation sites (tertiary alicyclic amines) is 1. The number of hydrogen-bond donors (Lipinski definition) is 0. The molecule has 7 nitrogen and oxygen atoms in total. The third-order valence-corrected chi connectivity index (χ3v) is 8.37. The Labute approximate surface area is 219 Å². The Bertz CT molecular complexity index is 1300. The van der Waals surface area contributed by atoms with Gasteiger partial charge in [0.25, 0.3) is 0 Å². The van der Waals surface area contributed by atoms with Gasteiger partial charge in [-0.1, -0.05) is 36.4 Å². The summed E-state index contributed by atoms with van der Waals surface area (Å²) in [5.74, 6) is 1.44. The molecule has 0 N–H and O–H groups in total. The highest BCUT2D eigenvalue weighted by atomic mass is 16.5. The van der Waals surface area contributed by atoms with E-state index in [2.05, 4.69) is 69.1 Å². The zero-order valence-electron chi connectivity index (χ0n) is 21.8. The molecule has 0 radical (unpaired) electrons. The van der Waals surface area contributed by atoms with E-state index in [9.17, 15) is 0 Å². The fourth-order valence-corrected chi connectivity index (χ4v) is 6.30. The maximum atomic E-state index is 7.36. The molecule has 1 aromatic heterocycles. The lowest BCUT2D eigenvalue weighted by Gasteiger charge is -2.36. The van der Waals surface area contributed by atoms with Gasteiger partial charge in [0.1, 0.15) is 12.4 Å². The van der Waals surface area contributed by atoms with Gasteiger partial charge in [-0.05, 0) is 57.1 Å². The molecule has 0 spiro atoms. The minimum absolute atomic E-state index is 0.407. The quantitative estimate of drug-likeness (QED) is 0.457. The Balaban J connectivity index is 1.32. The number of piperidine rings is 1. The smallest absolute Gasteiger partial charge is 0.318 e. The molecule has 192 valence electrons. The van der Waals surface area contributed by atoms with E-state index in [4.69, 9.17) is 21.3 Å². The summed E-state index contributed by atoms with van der Waals surface area (Å²) in [6, 6.07) is 16.1. The SMILES string of the molecule is [C-]#[N+]C[C@@H]1CCCN(c2nc(OC[C@@H]3CCCN3C)nc3c2CCN(c2cccc4ccccc24)C3)C1. The molecule has 6 rings (SSSR count). The molecule has 3 aliphatic rings. The summed E-state index contributed by atoms with van der Waals surface area (Å²) in [7, 11) is 2.17. The molecule has 2 saturated heterocycles. The van der Waals surface area contributed by atoms with Crippen molar-refractivity contribution >= 4 is 22.3 Å². The molecule has 2 atom stereocenters. The highest BCUT2D eigenvalue weighted by Gasteiger charge is 2.30. The summed E-state index contributed by atoms with van der Waals surface area (Å²) in [6.07, 6.45) is 5.51. The average molecular weight is 497 g/mol. The van der Waals surface area contributed by atoms with E-state index in [1.807, 2.05) is 0 Å². The number of fused-ring (bicyclic) bond motifs is 2. The second-order valence-electron chi connectivity index (χ2n) is 10.8. The van der Waals surface area contributed by atoms with Gasteiger partial charge < -0.3 is 24.3 Å². The van der Waals surface area contributed by atoms with Crippen LogP contribution in [0.5, 0.6) is 6.01 Å². The molecule has 0 aliphatic carbocycles. The van der Waals surface area contributed by atoms with Crippen LogP contribution in [0.25, 0.3) is 15.6 Å². The highest BCUT2D eigenvalue weighted by Crippen LogP contribution is 2.35. The summed E-state index contributed by atoms with van der Waals surface area (Å²) in [5, 5.41) is 2.54. The summed E-state index contributed by atoms with van der Waals surface area (Å²) >= 11 is 0. The molecule has 0 unspecified atom stereocenters. The summed E-state index contributed by atoms with van der Waals surface area (Å²) in [6.45, 7) is 13.3. The maximum Gasteiger partial charge on any atom is 0.318 e. The van der Waals surface area contributed by atoms with Gasteiger partial charge in [-0.15, -0.1) is 0 Å². The van der Waals surface area contributed by atoms with Crippen LogP contribution in [-0.4, -0.2) is 67.3 Å². The first kappa shape index (κ1) is 24.0. The van der Waals surface area contributed by atoms with Gasteiger partial charge in [-0.2, -0.15) is 9.97 Å². The molecule has 3 aromatic rings. The topological polar surface area (TPSA) is 49.1 Å². The molecule has 3 aliphatic heterocycles. The third-order valence-electron chi connectivity index (χ3n) is 8.37. The first-order chi connectivity index (χ1) is 18.2. The van der Waals surface area contributed by atoms with E-state index in [1.165, 1.54) is 28.4 Å². The number of likely N-dealkylation sites (N-methyl/N-ethyl adjacent to an activating group) is 1. The summed E-state index contributed by atoms with van der Waals surface area (Å²) in [4.78, 5) is 20.9. The van der Waals surface area contributed by atoms with E-state index in [-0.39, 0.29) is 0 Å². The molecule has 37 heavy (non-hydrogen) atoms. The van der Waals surface area contributed by atoms with Gasteiger partial charge in [-0.25, -0.2) is 6.57 Å². The molecule has 0 bridgehead atoms. The van der Waals surface area contributed by atoms with Crippen LogP contribution in [0.15, 0.2) is 42.5 Å². The second-order valence-corrected chi connectivity index (χ2v) is 10.8. The first-order valence-corrected chi connectivity index (χ1v) is 13.7. The van der Waals surface area contributed by atoms with Gasteiger partial charge >= 0.3 is 6.01 Å². The molecule has 7 heteroatoms. The van der Waals surface area contributed by atoms with E-state index in [1.54, 1.807) is 0 Å². The predicted octanol–water partition coefficient (Wildman–Crippen LogP) is 4.80. The van der Waals surface area contributed by atoms with Gasteiger partial charge in [0.05, 0.1) is 12.2 Å². The van der Waals surface area contributed by atoms with Crippen LogP contribution in [0, 0.1) is 12.5 Å². The van der Waals surface area contributed by atoms with Crippen molar-refractivity contribution in [2.24, 2.45) is 5.92 Å². The van der Waals surface area contributed by atoms with E-state index >= 15 is 0 Å². The highest BCUT2D eigenvalue weighted by molar-refractivity contribution is 5.94. The van der Waals surface area contributed by atoms with Crippen molar-refractivity contribution in [1.82, 2.24) is 14.9 Å². The molecule has 2 fully saturated rings. The molecule has 2 aromatic carbocycles. The van der Waals surface area contributed by atoms with Gasteiger partial charge in [0.15, 0.2) is 0 Å². The number of ether oxygens (including phenoxy) is 1. The Hall–Kier alpha value is -3.37. The zero-order valence-corrected chi connectivity index (χ0v) is 21.8. The molecular formula is C30H36N6O. The van der Waals surface area contributed by atoms with Crippen LogP contribution in [0.1, 0.15) is 36.9 Å². The monoisotopic (exact) mass is 496 g/mol. The van der Waals surface area contributed by atoms with Crippen molar-refractivity contribution in [3.63, 3.8) is 0 Å². The summed E-state index contributed by atoms with van der Waals surface area (Å²) in [5.41, 5.74) is 3.59. The zero-order chi connectivity index (χ0) is 25.2. The van der Waals surface area contributed by atoms with E-state index in [0.29, 0.717) is 31.1 Å². The van der Waals surface area contributed by atoms with Crippen LogP contribution in [0.4, 0.5) is 11.5 Å². The van der Waals surface area contributed by atoms with Crippen molar-refractivity contribution in [2.45, 2.75) is 44.7 Å². The van der Waals surface area contributed by atoms with Crippen LogP contribution in [-0.2, 0) is 13.0 Å².